The highest BCUT2D eigenvalue weighted by Gasteiger charge is 2.47. The fraction of sp³-hybridized carbons (Fsp3) is 0.417. The van der Waals surface area contributed by atoms with Crippen LogP contribution in [0.2, 0.25) is 0 Å². The first-order chi connectivity index (χ1) is 18.8. The molecule has 1 aliphatic rings. The number of nitrogens with zero attached hydrogens (tertiary/aromatic N) is 6. The Morgan fingerprint density at radius 3 is 2.55 bits per heavy atom. The van der Waals surface area contributed by atoms with Crippen molar-refractivity contribution in [2.24, 2.45) is 0 Å². The topological polar surface area (TPSA) is 182 Å². The molecule has 13 nitrogen and oxygen atoms in total. The number of aliphatic hydroxyl groups is 2. The Morgan fingerprint density at radius 1 is 1.23 bits per heavy atom. The smallest absolute Gasteiger partial charge is 0.387 e. The number of hydrogen-bond acceptors (Lipinski definition) is 10. The third kappa shape index (κ3) is 5.52. The zero-order chi connectivity index (χ0) is 29.4. The lowest BCUT2D eigenvalue weighted by molar-refractivity contribution is -0.141. The summed E-state index contributed by atoms with van der Waals surface area (Å²) in [6.45, 7) is 3.30. The Bertz CT molecular complexity index is 1480. The number of pyridine rings is 1. The first kappa shape index (κ1) is 28.7. The van der Waals surface area contributed by atoms with Crippen LogP contribution in [-0.4, -0.2) is 89.4 Å². The number of halogens is 3. The van der Waals surface area contributed by atoms with Gasteiger partial charge in [-0.05, 0) is 31.9 Å². The number of fused-ring (bicyclic) bond motifs is 1. The average Bonchev–Trinajstić information content (AvgIpc) is 3.46. The van der Waals surface area contributed by atoms with Crippen molar-refractivity contribution in [2.75, 3.05) is 19.3 Å². The van der Waals surface area contributed by atoms with Crippen molar-refractivity contribution >= 4 is 28.8 Å². The molecule has 3 aromatic heterocycles. The van der Waals surface area contributed by atoms with E-state index in [1.54, 1.807) is 13.8 Å². The highest BCUT2D eigenvalue weighted by atomic mass is 19.4. The van der Waals surface area contributed by atoms with E-state index >= 15 is 0 Å². The van der Waals surface area contributed by atoms with E-state index in [0.29, 0.717) is 0 Å². The van der Waals surface area contributed by atoms with Gasteiger partial charge in [-0.3, -0.25) is 19.1 Å². The summed E-state index contributed by atoms with van der Waals surface area (Å²) < 4.78 is 45.3. The largest absolute Gasteiger partial charge is 0.433 e. The molecule has 1 aliphatic heterocycles. The van der Waals surface area contributed by atoms with Crippen LogP contribution in [-0.2, 0) is 15.7 Å². The molecule has 4 heterocycles. The van der Waals surface area contributed by atoms with E-state index in [4.69, 9.17) is 10.5 Å². The SMILES string of the molecule is CNC(=O)[C@H]1O[C@@H](n2cnc3c(N)nc(C#CCN(C(=O)c4ccc(C(F)(F)F)nc4)C(C)C)nc32)C(O)[C@@H]1O. The molecule has 0 bridgehead atoms. The summed E-state index contributed by atoms with van der Waals surface area (Å²) in [7, 11) is 1.36. The molecule has 1 unspecified atom stereocenters. The number of hydrogen-bond donors (Lipinski definition) is 4. The number of ether oxygens (including phenoxy) is 1. The molecule has 1 saturated heterocycles. The van der Waals surface area contributed by atoms with Crippen molar-refractivity contribution in [3.8, 4) is 11.8 Å². The fourth-order valence-corrected chi connectivity index (χ4v) is 3.98. The van der Waals surface area contributed by atoms with Crippen molar-refractivity contribution in [1.82, 2.24) is 34.7 Å². The summed E-state index contributed by atoms with van der Waals surface area (Å²) >= 11 is 0. The van der Waals surface area contributed by atoms with Gasteiger partial charge >= 0.3 is 6.18 Å². The summed E-state index contributed by atoms with van der Waals surface area (Å²) in [5.41, 5.74) is 5.13. The Balaban J connectivity index is 1.57. The number of carbonyl (C=O) groups is 2. The molecule has 40 heavy (non-hydrogen) atoms. The summed E-state index contributed by atoms with van der Waals surface area (Å²) in [5.74, 6) is 4.15. The predicted molar refractivity (Wildman–Crippen MR) is 132 cm³/mol. The minimum absolute atomic E-state index is 0.0401. The molecule has 0 aliphatic carbocycles. The molecule has 0 radical (unpaired) electrons. The molecule has 2 amide bonds. The average molecular weight is 563 g/mol. The number of aliphatic hydroxyl groups excluding tert-OH is 2. The standard InChI is InChI=1S/C24H25F3N8O5/c1-11(2)34(22(39)12-6-7-13(30-9-12)24(25,26)27)8-4-5-14-32-19(28)15-20(33-14)35(10-31-15)23-17(37)16(36)18(40-23)21(38)29-3/h6-7,9-11,16-18,23,36-37H,8H2,1-3H3,(H,29,38)(H2,28,32,33)/t16-,17?,18-,23+/m0/s1. The highest BCUT2D eigenvalue weighted by Crippen LogP contribution is 2.32. The number of amides is 2. The number of aromatic nitrogens is 5. The maximum Gasteiger partial charge on any atom is 0.433 e. The van der Waals surface area contributed by atoms with Crippen LogP contribution in [0.5, 0.6) is 0 Å². The Hall–Kier alpha value is -4.33. The Kier molecular flexibility index (Phi) is 7.91. The van der Waals surface area contributed by atoms with E-state index < -0.39 is 48.2 Å². The van der Waals surface area contributed by atoms with Gasteiger partial charge in [-0.25, -0.2) is 15.0 Å². The summed E-state index contributed by atoms with van der Waals surface area (Å²) in [5, 5.41) is 23.1. The third-order valence-corrected chi connectivity index (χ3v) is 6.10. The lowest BCUT2D eigenvalue weighted by Crippen LogP contribution is -2.41. The molecule has 4 atom stereocenters. The van der Waals surface area contributed by atoms with Crippen LogP contribution in [0.4, 0.5) is 19.0 Å². The lowest BCUT2D eigenvalue weighted by atomic mass is 10.1. The number of nitrogens with one attached hydrogen (secondary N) is 1. The second-order valence-corrected chi connectivity index (χ2v) is 9.06. The Morgan fingerprint density at radius 2 is 1.95 bits per heavy atom. The molecule has 0 saturated carbocycles. The monoisotopic (exact) mass is 562 g/mol. The van der Waals surface area contributed by atoms with Gasteiger partial charge in [-0.1, -0.05) is 5.92 Å². The van der Waals surface area contributed by atoms with Gasteiger partial charge in [0.25, 0.3) is 11.8 Å². The van der Waals surface area contributed by atoms with E-state index in [1.807, 2.05) is 0 Å². The molecule has 1 fully saturated rings. The van der Waals surface area contributed by atoms with E-state index in [2.05, 4.69) is 37.1 Å². The van der Waals surface area contributed by atoms with Gasteiger partial charge in [0, 0.05) is 19.3 Å². The van der Waals surface area contributed by atoms with Gasteiger partial charge < -0.3 is 30.9 Å². The summed E-state index contributed by atoms with van der Waals surface area (Å²) in [6.07, 6.45) is -8.06. The number of anilines is 1. The van der Waals surface area contributed by atoms with Crippen LogP contribution in [0.25, 0.3) is 11.2 Å². The number of rotatable bonds is 5. The molecule has 4 rings (SSSR count). The van der Waals surface area contributed by atoms with Crippen molar-refractivity contribution in [2.45, 2.75) is 50.6 Å². The minimum atomic E-state index is -4.63. The molecule has 0 spiro atoms. The number of nitrogen functional groups attached to an aromatic ring is 1. The molecule has 16 heteroatoms. The van der Waals surface area contributed by atoms with Crippen LogP contribution < -0.4 is 11.1 Å². The maximum atomic E-state index is 12.9. The normalized spacial score (nSPS) is 20.8. The van der Waals surface area contributed by atoms with E-state index in [-0.39, 0.29) is 41.0 Å². The first-order valence-corrected chi connectivity index (χ1v) is 11.9. The molecule has 3 aromatic rings. The molecule has 212 valence electrons. The van der Waals surface area contributed by atoms with Crippen molar-refractivity contribution in [1.29, 1.82) is 0 Å². The zero-order valence-corrected chi connectivity index (χ0v) is 21.4. The van der Waals surface area contributed by atoms with Gasteiger partial charge in [0.1, 0.15) is 23.4 Å². The lowest BCUT2D eigenvalue weighted by Gasteiger charge is -2.24. The minimum Gasteiger partial charge on any atom is -0.387 e. The van der Waals surface area contributed by atoms with Crippen molar-refractivity contribution in [3.05, 3.63) is 41.7 Å². The second-order valence-electron chi connectivity index (χ2n) is 9.06. The van der Waals surface area contributed by atoms with Gasteiger partial charge in [-0.2, -0.15) is 13.2 Å². The van der Waals surface area contributed by atoms with Gasteiger partial charge in [0.2, 0.25) is 5.82 Å². The highest BCUT2D eigenvalue weighted by molar-refractivity contribution is 5.94. The number of carbonyl (C=O) groups excluding carboxylic acids is 2. The van der Waals surface area contributed by atoms with Crippen molar-refractivity contribution in [3.63, 3.8) is 0 Å². The number of imidazole rings is 1. The van der Waals surface area contributed by atoms with E-state index in [9.17, 15) is 33.0 Å². The van der Waals surface area contributed by atoms with Crippen LogP contribution in [0.3, 0.4) is 0 Å². The number of likely N-dealkylation sites (N-methyl/N-ethyl adjacent to an activating group) is 1. The Labute approximate surface area is 225 Å². The fourth-order valence-electron chi connectivity index (χ4n) is 3.98. The van der Waals surface area contributed by atoms with Gasteiger partial charge in [-0.15, -0.1) is 0 Å². The summed E-state index contributed by atoms with van der Waals surface area (Å²) in [4.78, 5) is 42.1. The van der Waals surface area contributed by atoms with Crippen LogP contribution >= 0.6 is 0 Å². The number of nitrogens with two attached hydrogens (primary N) is 1. The third-order valence-electron chi connectivity index (χ3n) is 6.10. The van der Waals surface area contributed by atoms with Gasteiger partial charge in [0.05, 0.1) is 18.4 Å². The quantitative estimate of drug-likeness (QED) is 0.311. The molecular weight excluding hydrogens is 537 g/mol. The van der Waals surface area contributed by atoms with Crippen molar-refractivity contribution < 1.29 is 37.7 Å². The van der Waals surface area contributed by atoms with E-state index in [0.717, 1.165) is 18.3 Å². The molecule has 0 aromatic carbocycles. The maximum absolute atomic E-state index is 12.9. The van der Waals surface area contributed by atoms with E-state index in [1.165, 1.54) is 22.8 Å². The summed E-state index contributed by atoms with van der Waals surface area (Å²) in [6, 6.07) is 1.41. The van der Waals surface area contributed by atoms with Crippen LogP contribution in [0.15, 0.2) is 24.7 Å². The molecular formula is C24H25F3N8O5. The molecule has 5 N–H and O–H groups in total. The van der Waals surface area contributed by atoms with Gasteiger partial charge in [0.15, 0.2) is 23.8 Å². The zero-order valence-electron chi connectivity index (χ0n) is 21.4. The number of alkyl halides is 3. The van der Waals surface area contributed by atoms with Crippen LogP contribution in [0, 0.1) is 11.8 Å². The first-order valence-electron chi connectivity index (χ1n) is 11.9. The second kappa shape index (κ2) is 11.0. The van der Waals surface area contributed by atoms with Crippen LogP contribution in [0.1, 0.15) is 42.0 Å². The predicted octanol–water partition coefficient (Wildman–Crippen LogP) is 0.0898.